The molecule has 0 fully saturated rings. The van der Waals surface area contributed by atoms with E-state index in [0.29, 0.717) is 19.6 Å². The van der Waals surface area contributed by atoms with E-state index >= 15 is 0 Å². The first-order chi connectivity index (χ1) is 5.16. The summed E-state index contributed by atoms with van der Waals surface area (Å²) in [4.78, 5) is 12.4. The van der Waals surface area contributed by atoms with Crippen LogP contribution in [0.15, 0.2) is 0 Å². The van der Waals surface area contributed by atoms with Gasteiger partial charge in [-0.2, -0.15) is 0 Å². The molecule has 0 aliphatic rings. The van der Waals surface area contributed by atoms with Gasteiger partial charge in [-0.25, -0.2) is 0 Å². The van der Waals surface area contributed by atoms with Gasteiger partial charge >= 0.3 is 0 Å². The lowest BCUT2D eigenvalue weighted by atomic mass is 10.4. The number of hydrogen-bond acceptors (Lipinski definition) is 3. The molecule has 0 aromatic rings. The number of nitrogens with zero attached hydrogens (tertiary/aromatic N) is 1. The molecular formula is C7H16N2O2. The lowest BCUT2D eigenvalue weighted by molar-refractivity contribution is -0.118. The molecule has 0 heterocycles. The maximum absolute atomic E-state index is 10.3. The molecule has 0 rings (SSSR count). The van der Waals surface area contributed by atoms with Gasteiger partial charge in [0.2, 0.25) is 5.91 Å². The van der Waals surface area contributed by atoms with Crippen molar-refractivity contribution in [3.05, 3.63) is 0 Å². The maximum atomic E-state index is 10.3. The molecule has 0 aromatic heterocycles. The Labute approximate surface area is 67.3 Å². The van der Waals surface area contributed by atoms with Crippen LogP contribution >= 0.6 is 0 Å². The summed E-state index contributed by atoms with van der Waals surface area (Å²) in [7, 11) is 3.59. The molecule has 0 aromatic carbocycles. The third-order valence-corrected chi connectivity index (χ3v) is 1.42. The molecule has 0 spiro atoms. The first-order valence-corrected chi connectivity index (χ1v) is 3.62. The standard InChI is InChI=1S/C7H16N2O2/c1-9(5-6-11-2)4-3-7(8)10/h3-6H2,1-2H3,(H2,8,10). The van der Waals surface area contributed by atoms with Crippen LogP contribution in [0.5, 0.6) is 0 Å². The number of primary amides is 1. The summed E-state index contributed by atoms with van der Waals surface area (Å²) in [6.45, 7) is 2.23. The summed E-state index contributed by atoms with van der Waals surface area (Å²) in [5.41, 5.74) is 4.97. The number of ether oxygens (including phenoxy) is 1. The number of carbonyl (C=O) groups is 1. The predicted octanol–water partition coefficient (Wildman–Crippen LogP) is -0.560. The molecule has 0 radical (unpaired) electrons. The van der Waals surface area contributed by atoms with Crippen molar-refractivity contribution < 1.29 is 9.53 Å². The van der Waals surface area contributed by atoms with Crippen molar-refractivity contribution in [1.29, 1.82) is 0 Å². The highest BCUT2D eigenvalue weighted by Gasteiger charge is 1.99. The summed E-state index contributed by atoms with van der Waals surface area (Å²) in [5, 5.41) is 0. The van der Waals surface area contributed by atoms with Crippen LogP contribution in [0, 0.1) is 0 Å². The fourth-order valence-corrected chi connectivity index (χ4v) is 0.660. The second kappa shape index (κ2) is 6.12. The summed E-state index contributed by atoms with van der Waals surface area (Å²) in [6, 6.07) is 0. The van der Waals surface area contributed by atoms with Crippen LogP contribution < -0.4 is 5.73 Å². The Hall–Kier alpha value is -0.610. The lowest BCUT2D eigenvalue weighted by Crippen LogP contribution is -2.27. The van der Waals surface area contributed by atoms with Crippen LogP contribution in [0.2, 0.25) is 0 Å². The molecule has 0 aliphatic heterocycles. The fourth-order valence-electron chi connectivity index (χ4n) is 0.660. The van der Waals surface area contributed by atoms with Gasteiger partial charge in [0.05, 0.1) is 6.61 Å². The van der Waals surface area contributed by atoms with Gasteiger partial charge in [-0.15, -0.1) is 0 Å². The van der Waals surface area contributed by atoms with E-state index in [0.717, 1.165) is 6.54 Å². The monoisotopic (exact) mass is 160 g/mol. The third kappa shape index (κ3) is 7.29. The van der Waals surface area contributed by atoms with E-state index in [1.807, 2.05) is 11.9 Å². The Kier molecular flexibility index (Phi) is 5.78. The van der Waals surface area contributed by atoms with Crippen LogP contribution in [0.25, 0.3) is 0 Å². The van der Waals surface area contributed by atoms with Crippen LogP contribution in [0.3, 0.4) is 0 Å². The number of rotatable bonds is 6. The zero-order valence-corrected chi connectivity index (χ0v) is 7.17. The Morgan fingerprint density at radius 2 is 2.18 bits per heavy atom. The average molecular weight is 160 g/mol. The van der Waals surface area contributed by atoms with Gasteiger partial charge in [0, 0.05) is 26.6 Å². The Morgan fingerprint density at radius 1 is 1.55 bits per heavy atom. The number of nitrogens with two attached hydrogens (primary N) is 1. The van der Waals surface area contributed by atoms with E-state index < -0.39 is 0 Å². The third-order valence-electron chi connectivity index (χ3n) is 1.42. The van der Waals surface area contributed by atoms with Crippen molar-refractivity contribution in [3.63, 3.8) is 0 Å². The molecule has 0 atom stereocenters. The quantitative estimate of drug-likeness (QED) is 0.566. The van der Waals surface area contributed by atoms with E-state index in [1.165, 1.54) is 0 Å². The smallest absolute Gasteiger partial charge is 0.218 e. The number of amides is 1. The van der Waals surface area contributed by atoms with Gasteiger partial charge in [-0.3, -0.25) is 4.79 Å². The van der Waals surface area contributed by atoms with Gasteiger partial charge in [0.1, 0.15) is 0 Å². The SMILES string of the molecule is COCCN(C)CCC(N)=O. The summed E-state index contributed by atoms with van der Waals surface area (Å²) in [6.07, 6.45) is 0.417. The van der Waals surface area contributed by atoms with E-state index in [2.05, 4.69) is 0 Å². The summed E-state index contributed by atoms with van der Waals surface area (Å²) < 4.78 is 4.86. The van der Waals surface area contributed by atoms with E-state index in [1.54, 1.807) is 7.11 Å². The van der Waals surface area contributed by atoms with Crippen molar-refractivity contribution in [1.82, 2.24) is 4.90 Å². The van der Waals surface area contributed by atoms with Gasteiger partial charge < -0.3 is 15.4 Å². The van der Waals surface area contributed by atoms with Gasteiger partial charge in [0.25, 0.3) is 0 Å². The Bertz CT molecular complexity index is 117. The Morgan fingerprint density at radius 3 is 2.64 bits per heavy atom. The van der Waals surface area contributed by atoms with Crippen LogP contribution in [0.4, 0.5) is 0 Å². The number of likely N-dealkylation sites (N-methyl/N-ethyl adjacent to an activating group) is 1. The number of carbonyl (C=O) groups excluding carboxylic acids is 1. The van der Waals surface area contributed by atoms with Crippen molar-refractivity contribution in [3.8, 4) is 0 Å². The second-order valence-corrected chi connectivity index (χ2v) is 2.51. The topological polar surface area (TPSA) is 55.6 Å². The number of hydrogen-bond donors (Lipinski definition) is 1. The first kappa shape index (κ1) is 10.4. The van der Waals surface area contributed by atoms with E-state index in [4.69, 9.17) is 10.5 Å². The zero-order chi connectivity index (χ0) is 8.69. The Balaban J connectivity index is 3.22. The minimum Gasteiger partial charge on any atom is -0.383 e. The van der Waals surface area contributed by atoms with E-state index in [-0.39, 0.29) is 5.91 Å². The van der Waals surface area contributed by atoms with Crippen LogP contribution in [0.1, 0.15) is 6.42 Å². The lowest BCUT2D eigenvalue weighted by Gasteiger charge is -2.14. The normalized spacial score (nSPS) is 10.5. The molecule has 66 valence electrons. The number of methoxy groups -OCH3 is 1. The molecule has 1 amide bonds. The van der Waals surface area contributed by atoms with E-state index in [9.17, 15) is 4.79 Å². The van der Waals surface area contributed by atoms with Crippen molar-refractivity contribution in [2.75, 3.05) is 33.9 Å². The minimum atomic E-state index is -0.255. The zero-order valence-electron chi connectivity index (χ0n) is 7.17. The van der Waals surface area contributed by atoms with Gasteiger partial charge in [0.15, 0.2) is 0 Å². The molecule has 0 saturated heterocycles. The second-order valence-electron chi connectivity index (χ2n) is 2.51. The highest BCUT2D eigenvalue weighted by molar-refractivity contribution is 5.73. The molecule has 0 unspecified atom stereocenters. The van der Waals surface area contributed by atoms with Crippen molar-refractivity contribution >= 4 is 5.91 Å². The molecule has 11 heavy (non-hydrogen) atoms. The molecule has 2 N–H and O–H groups in total. The van der Waals surface area contributed by atoms with Gasteiger partial charge in [-0.05, 0) is 7.05 Å². The van der Waals surface area contributed by atoms with Crippen LogP contribution in [-0.4, -0.2) is 44.7 Å². The molecular weight excluding hydrogens is 144 g/mol. The highest BCUT2D eigenvalue weighted by Crippen LogP contribution is 1.85. The van der Waals surface area contributed by atoms with Crippen molar-refractivity contribution in [2.24, 2.45) is 5.73 Å². The molecule has 0 saturated carbocycles. The maximum Gasteiger partial charge on any atom is 0.218 e. The molecule has 4 nitrogen and oxygen atoms in total. The van der Waals surface area contributed by atoms with Gasteiger partial charge in [-0.1, -0.05) is 0 Å². The minimum absolute atomic E-state index is 0.255. The van der Waals surface area contributed by atoms with Crippen molar-refractivity contribution in [2.45, 2.75) is 6.42 Å². The summed E-state index contributed by atoms with van der Waals surface area (Å²) in [5.74, 6) is -0.255. The molecule has 0 bridgehead atoms. The van der Waals surface area contributed by atoms with Crippen LogP contribution in [-0.2, 0) is 9.53 Å². The molecule has 4 heteroatoms. The largest absolute Gasteiger partial charge is 0.383 e. The predicted molar refractivity (Wildman–Crippen MR) is 43.2 cm³/mol. The fraction of sp³-hybridized carbons (Fsp3) is 0.857. The summed E-state index contributed by atoms with van der Waals surface area (Å²) >= 11 is 0. The molecule has 0 aliphatic carbocycles. The highest BCUT2D eigenvalue weighted by atomic mass is 16.5. The average Bonchev–Trinajstić information content (AvgIpc) is 1.97. The first-order valence-electron chi connectivity index (χ1n) is 3.62.